The van der Waals surface area contributed by atoms with Crippen LogP contribution < -0.4 is 20.8 Å². The fourth-order valence-electron chi connectivity index (χ4n) is 3.50. The zero-order valence-corrected chi connectivity index (χ0v) is 15.5. The second-order valence-electron chi connectivity index (χ2n) is 6.89. The summed E-state index contributed by atoms with van der Waals surface area (Å²) in [5, 5.41) is 2.19. The quantitative estimate of drug-likeness (QED) is 0.431. The number of aromatic nitrogens is 2. The van der Waals surface area contributed by atoms with Crippen molar-refractivity contribution in [1.29, 1.82) is 0 Å². The third kappa shape index (κ3) is 3.68. The molecule has 4 rings (SSSR count). The van der Waals surface area contributed by atoms with E-state index in [1.807, 2.05) is 59.2 Å². The molecule has 0 fully saturated rings. The number of nitrogens with one attached hydrogen (secondary N) is 1. The van der Waals surface area contributed by atoms with Crippen LogP contribution in [0.3, 0.4) is 0 Å². The summed E-state index contributed by atoms with van der Waals surface area (Å²) in [6.45, 7) is 0.869. The standard InChI is InChI=1S/C22H22N4O2/c23-16(14-28-20-11-5-7-15-6-1-2-8-17(15)20)13-26-19-10-4-3-9-18(19)25-22(26)12-21(24)27/h1-11,16H,12-14,23H2,(H2,24,27)/p+1/t16-/m0/s1. The van der Waals surface area contributed by atoms with E-state index >= 15 is 0 Å². The van der Waals surface area contributed by atoms with Crippen LogP contribution in [0.2, 0.25) is 0 Å². The number of hydrogen-bond donors (Lipinski definition) is 3. The summed E-state index contributed by atoms with van der Waals surface area (Å²) < 4.78 is 8.03. The molecule has 5 N–H and O–H groups in total. The monoisotopic (exact) mass is 375 g/mol. The fourth-order valence-corrected chi connectivity index (χ4v) is 3.50. The van der Waals surface area contributed by atoms with Crippen molar-refractivity contribution in [3.05, 3.63) is 72.6 Å². The number of para-hydroxylation sites is 2. The molecule has 28 heavy (non-hydrogen) atoms. The van der Waals surface area contributed by atoms with Crippen LogP contribution in [-0.4, -0.2) is 23.5 Å². The predicted molar refractivity (Wildman–Crippen MR) is 109 cm³/mol. The van der Waals surface area contributed by atoms with Gasteiger partial charge >= 0.3 is 0 Å². The van der Waals surface area contributed by atoms with E-state index in [4.69, 9.17) is 16.2 Å². The molecule has 1 heterocycles. The first-order valence-corrected chi connectivity index (χ1v) is 9.25. The fraction of sp³-hybridized carbons (Fsp3) is 0.182. The van der Waals surface area contributed by atoms with E-state index in [-0.39, 0.29) is 18.4 Å². The Balaban J connectivity index is 1.53. The number of carbonyl (C=O) groups excluding carboxylic acids is 1. The van der Waals surface area contributed by atoms with Gasteiger partial charge in [0, 0.05) is 5.39 Å². The number of ether oxygens (including phenoxy) is 1. The maximum Gasteiger partial charge on any atom is 0.264 e. The van der Waals surface area contributed by atoms with Crippen LogP contribution in [0.5, 0.6) is 5.75 Å². The van der Waals surface area contributed by atoms with Crippen LogP contribution in [0.25, 0.3) is 21.8 Å². The molecular formula is C22H23N4O2+. The lowest BCUT2D eigenvalue weighted by molar-refractivity contribution is -0.680. The van der Waals surface area contributed by atoms with Crippen molar-refractivity contribution < 1.29 is 14.1 Å². The van der Waals surface area contributed by atoms with Gasteiger partial charge < -0.3 is 16.2 Å². The highest BCUT2D eigenvalue weighted by Gasteiger charge is 2.22. The molecule has 3 aromatic carbocycles. The Hall–Kier alpha value is -3.38. The molecule has 0 spiro atoms. The summed E-state index contributed by atoms with van der Waals surface area (Å²) in [4.78, 5) is 14.7. The van der Waals surface area contributed by atoms with Gasteiger partial charge in [-0.2, -0.15) is 0 Å². The molecule has 0 aliphatic rings. The molecule has 1 atom stereocenters. The Morgan fingerprint density at radius 1 is 1.04 bits per heavy atom. The van der Waals surface area contributed by atoms with Crippen molar-refractivity contribution >= 4 is 27.7 Å². The lowest BCUT2D eigenvalue weighted by atomic mass is 10.1. The van der Waals surface area contributed by atoms with E-state index in [0.717, 1.165) is 33.4 Å². The van der Waals surface area contributed by atoms with Gasteiger partial charge in [0.05, 0.1) is 6.04 Å². The Morgan fingerprint density at radius 2 is 1.79 bits per heavy atom. The van der Waals surface area contributed by atoms with Gasteiger partial charge in [0.2, 0.25) is 5.91 Å². The average Bonchev–Trinajstić information content (AvgIpc) is 3.02. The molecule has 6 heteroatoms. The lowest BCUT2D eigenvalue weighted by Gasteiger charge is -2.14. The Bertz CT molecular complexity index is 1130. The molecule has 0 aliphatic carbocycles. The summed E-state index contributed by atoms with van der Waals surface area (Å²) in [6, 6.07) is 21.7. The van der Waals surface area contributed by atoms with Gasteiger partial charge in [-0.05, 0) is 23.6 Å². The van der Waals surface area contributed by atoms with E-state index in [1.165, 1.54) is 0 Å². The summed E-state index contributed by atoms with van der Waals surface area (Å²) in [7, 11) is 0. The first kappa shape index (κ1) is 18.0. The van der Waals surface area contributed by atoms with Crippen LogP contribution in [0.1, 0.15) is 5.82 Å². The van der Waals surface area contributed by atoms with E-state index < -0.39 is 0 Å². The second-order valence-corrected chi connectivity index (χ2v) is 6.89. The minimum absolute atomic E-state index is 0.131. The first-order chi connectivity index (χ1) is 13.6. The number of fused-ring (bicyclic) bond motifs is 2. The van der Waals surface area contributed by atoms with E-state index in [9.17, 15) is 4.79 Å². The first-order valence-electron chi connectivity index (χ1n) is 9.25. The lowest BCUT2D eigenvalue weighted by Crippen LogP contribution is -2.48. The molecule has 0 saturated heterocycles. The number of nitrogens with two attached hydrogens (primary N) is 2. The SMILES string of the molecule is NC(=O)Cc1[nH]c2ccccc2[n+]1C[C@H](N)COc1cccc2ccccc12. The van der Waals surface area contributed by atoms with Gasteiger partial charge in [-0.25, -0.2) is 9.55 Å². The van der Waals surface area contributed by atoms with Gasteiger partial charge in [-0.1, -0.05) is 48.5 Å². The average molecular weight is 375 g/mol. The number of benzene rings is 3. The minimum Gasteiger partial charge on any atom is -0.491 e. The Labute approximate surface area is 162 Å². The van der Waals surface area contributed by atoms with Crippen molar-refractivity contribution in [3.8, 4) is 5.75 Å². The number of imidazole rings is 1. The number of hydrogen-bond acceptors (Lipinski definition) is 3. The highest BCUT2D eigenvalue weighted by molar-refractivity contribution is 5.88. The molecule has 1 aromatic heterocycles. The number of nitrogens with zero attached hydrogens (tertiary/aromatic N) is 1. The molecular weight excluding hydrogens is 352 g/mol. The molecule has 1 amide bonds. The minimum atomic E-state index is -0.388. The highest BCUT2D eigenvalue weighted by Crippen LogP contribution is 2.25. The zero-order chi connectivity index (χ0) is 19.5. The molecule has 4 aromatic rings. The molecule has 142 valence electrons. The van der Waals surface area contributed by atoms with Crippen molar-refractivity contribution in [1.82, 2.24) is 4.98 Å². The molecule has 0 aliphatic heterocycles. The number of primary amides is 1. The van der Waals surface area contributed by atoms with Gasteiger partial charge in [0.25, 0.3) is 5.82 Å². The number of H-pyrrole nitrogens is 1. The largest absolute Gasteiger partial charge is 0.491 e. The predicted octanol–water partition coefficient (Wildman–Crippen LogP) is 2.04. The Kier molecular flexibility index (Phi) is 4.95. The third-order valence-electron chi connectivity index (χ3n) is 4.76. The van der Waals surface area contributed by atoms with Gasteiger partial charge in [0.1, 0.15) is 25.3 Å². The highest BCUT2D eigenvalue weighted by atomic mass is 16.5. The molecule has 0 bridgehead atoms. The molecule has 0 saturated carbocycles. The number of carbonyl (C=O) groups is 1. The summed E-state index contributed by atoms with van der Waals surface area (Å²) in [5.74, 6) is 1.17. The molecule has 0 unspecified atom stereocenters. The topological polar surface area (TPSA) is 98.0 Å². The second kappa shape index (κ2) is 7.70. The van der Waals surface area contributed by atoms with E-state index in [0.29, 0.717) is 13.2 Å². The van der Waals surface area contributed by atoms with E-state index in [2.05, 4.69) is 17.1 Å². The van der Waals surface area contributed by atoms with Crippen molar-refractivity contribution in [3.63, 3.8) is 0 Å². The smallest absolute Gasteiger partial charge is 0.264 e. The number of amides is 1. The van der Waals surface area contributed by atoms with Gasteiger partial charge in [-0.3, -0.25) is 4.79 Å². The Morgan fingerprint density at radius 3 is 2.64 bits per heavy atom. The third-order valence-corrected chi connectivity index (χ3v) is 4.76. The maximum atomic E-state index is 11.5. The normalized spacial score (nSPS) is 12.3. The van der Waals surface area contributed by atoms with Crippen molar-refractivity contribution in [2.75, 3.05) is 6.61 Å². The summed E-state index contributed by atoms with van der Waals surface area (Å²) in [5.41, 5.74) is 13.7. The number of rotatable bonds is 7. The van der Waals surface area contributed by atoms with E-state index in [1.54, 1.807) is 0 Å². The van der Waals surface area contributed by atoms with Gasteiger partial charge in [-0.15, -0.1) is 0 Å². The zero-order valence-electron chi connectivity index (χ0n) is 15.5. The van der Waals surface area contributed by atoms with Crippen LogP contribution >= 0.6 is 0 Å². The summed E-state index contributed by atoms with van der Waals surface area (Å²) >= 11 is 0. The van der Waals surface area contributed by atoms with Crippen LogP contribution in [0.15, 0.2) is 66.7 Å². The van der Waals surface area contributed by atoms with Gasteiger partial charge in [0.15, 0.2) is 11.0 Å². The number of aromatic amines is 1. The van der Waals surface area contributed by atoms with Crippen LogP contribution in [0, 0.1) is 0 Å². The van der Waals surface area contributed by atoms with Crippen molar-refractivity contribution in [2.24, 2.45) is 11.5 Å². The van der Waals surface area contributed by atoms with Crippen molar-refractivity contribution in [2.45, 2.75) is 19.0 Å². The summed E-state index contributed by atoms with van der Waals surface area (Å²) in [6.07, 6.45) is 0.131. The molecule has 6 nitrogen and oxygen atoms in total. The molecule has 0 radical (unpaired) electrons. The van der Waals surface area contributed by atoms with Crippen LogP contribution in [-0.2, 0) is 17.8 Å². The van der Waals surface area contributed by atoms with Crippen LogP contribution in [0.4, 0.5) is 0 Å². The maximum absolute atomic E-state index is 11.5.